The van der Waals surface area contributed by atoms with Crippen LogP contribution in [0.3, 0.4) is 0 Å². The number of carboxylic acid groups (broad SMARTS) is 1. The molecule has 1 aliphatic carbocycles. The number of carbonyl (C=O) groups is 1. The summed E-state index contributed by atoms with van der Waals surface area (Å²) in [5.74, 6) is -1.76. The molecule has 0 amide bonds. The smallest absolute Gasteiger partial charge is 0.307 e. The van der Waals surface area contributed by atoms with Gasteiger partial charge in [0.05, 0.1) is 16.1 Å². The van der Waals surface area contributed by atoms with Crippen molar-refractivity contribution in [3.8, 4) is 0 Å². The Hall–Kier alpha value is -1.36. The van der Waals surface area contributed by atoms with Crippen LogP contribution >= 0.6 is 0 Å². The monoisotopic (exact) mass is 240 g/mol. The normalized spacial score (nSPS) is 24.1. The van der Waals surface area contributed by atoms with Crippen LogP contribution in [0.1, 0.15) is 12.0 Å². The van der Waals surface area contributed by atoms with Crippen LogP contribution in [0.2, 0.25) is 0 Å². The summed E-state index contributed by atoms with van der Waals surface area (Å²) in [6.07, 6.45) is 0.228. The van der Waals surface area contributed by atoms with Gasteiger partial charge in [-0.25, -0.2) is 8.42 Å². The van der Waals surface area contributed by atoms with Crippen LogP contribution < -0.4 is 0 Å². The van der Waals surface area contributed by atoms with E-state index in [-0.39, 0.29) is 11.3 Å². The van der Waals surface area contributed by atoms with Crippen LogP contribution in [0, 0.1) is 12.8 Å². The van der Waals surface area contributed by atoms with Crippen molar-refractivity contribution in [2.24, 2.45) is 5.92 Å². The standard InChI is InChI=1S/C11H12O4S/c1-7-2-4-8(5-3-7)16(14,15)10-6-9(10)11(12)13/h2-5,9-10H,6H2,1H3,(H,12,13)/t9-,10+/m1/s1. The summed E-state index contributed by atoms with van der Waals surface area (Å²) >= 11 is 0. The van der Waals surface area contributed by atoms with Gasteiger partial charge in [0.15, 0.2) is 9.84 Å². The SMILES string of the molecule is Cc1ccc(S(=O)(=O)[C@H]2C[C@H]2C(=O)O)cc1. The van der Waals surface area contributed by atoms with E-state index in [1.54, 1.807) is 12.1 Å². The van der Waals surface area contributed by atoms with Gasteiger partial charge in [-0.2, -0.15) is 0 Å². The average molecular weight is 240 g/mol. The minimum absolute atomic E-state index is 0.215. The number of benzene rings is 1. The van der Waals surface area contributed by atoms with Crippen molar-refractivity contribution >= 4 is 15.8 Å². The number of carboxylic acids is 1. The summed E-state index contributed by atoms with van der Waals surface area (Å²) in [5, 5.41) is 7.97. The topological polar surface area (TPSA) is 71.4 Å². The number of rotatable bonds is 3. The number of hydrogen-bond acceptors (Lipinski definition) is 3. The zero-order chi connectivity index (χ0) is 11.9. The third-order valence-corrected chi connectivity index (χ3v) is 5.04. The molecule has 1 aromatic carbocycles. The van der Waals surface area contributed by atoms with Crippen molar-refractivity contribution in [2.45, 2.75) is 23.5 Å². The fourth-order valence-corrected chi connectivity index (χ4v) is 3.55. The molecule has 0 spiro atoms. The second-order valence-electron chi connectivity index (χ2n) is 4.08. The molecule has 86 valence electrons. The van der Waals surface area contributed by atoms with Gasteiger partial charge < -0.3 is 5.11 Å². The predicted octanol–water partition coefficient (Wildman–Crippen LogP) is 1.24. The van der Waals surface area contributed by atoms with Gasteiger partial charge in [-0.05, 0) is 25.5 Å². The fourth-order valence-electron chi connectivity index (χ4n) is 1.68. The molecule has 5 heteroatoms. The van der Waals surface area contributed by atoms with Gasteiger partial charge >= 0.3 is 5.97 Å². The first-order valence-corrected chi connectivity index (χ1v) is 6.51. The summed E-state index contributed by atoms with van der Waals surface area (Å²) in [6.45, 7) is 1.87. The van der Waals surface area contributed by atoms with E-state index in [2.05, 4.69) is 0 Å². The van der Waals surface area contributed by atoms with E-state index < -0.39 is 27.0 Å². The Kier molecular flexibility index (Phi) is 2.50. The molecule has 0 aromatic heterocycles. The maximum absolute atomic E-state index is 12.0. The number of aryl methyl sites for hydroxylation is 1. The molecule has 1 saturated carbocycles. The van der Waals surface area contributed by atoms with Gasteiger partial charge in [-0.3, -0.25) is 4.79 Å². The molecular weight excluding hydrogens is 228 g/mol. The minimum atomic E-state index is -3.46. The third kappa shape index (κ3) is 1.82. The largest absolute Gasteiger partial charge is 0.481 e. The molecule has 0 aliphatic heterocycles. The van der Waals surface area contributed by atoms with Crippen LogP contribution in [0.5, 0.6) is 0 Å². The van der Waals surface area contributed by atoms with Crippen LogP contribution in [0.4, 0.5) is 0 Å². The number of hydrogen-bond donors (Lipinski definition) is 1. The quantitative estimate of drug-likeness (QED) is 0.862. The van der Waals surface area contributed by atoms with Crippen molar-refractivity contribution in [3.05, 3.63) is 29.8 Å². The first-order valence-electron chi connectivity index (χ1n) is 4.96. The van der Waals surface area contributed by atoms with Gasteiger partial charge in [0, 0.05) is 0 Å². The average Bonchev–Trinajstić information content (AvgIpc) is 2.98. The molecule has 2 atom stereocenters. The van der Waals surface area contributed by atoms with Gasteiger partial charge in [-0.15, -0.1) is 0 Å². The Morgan fingerprint density at radius 1 is 1.31 bits per heavy atom. The Morgan fingerprint density at radius 3 is 2.31 bits per heavy atom. The molecular formula is C11H12O4S. The number of sulfone groups is 1. The maximum atomic E-state index is 12.0. The first-order chi connectivity index (χ1) is 7.43. The van der Waals surface area contributed by atoms with Gasteiger partial charge in [0.25, 0.3) is 0 Å². The van der Waals surface area contributed by atoms with E-state index in [1.807, 2.05) is 6.92 Å². The second kappa shape index (κ2) is 3.59. The van der Waals surface area contributed by atoms with Gasteiger partial charge in [0.2, 0.25) is 0 Å². The highest BCUT2D eigenvalue weighted by Crippen LogP contribution is 2.40. The molecule has 16 heavy (non-hydrogen) atoms. The highest BCUT2D eigenvalue weighted by Gasteiger charge is 2.52. The summed E-state index contributed by atoms with van der Waals surface area (Å²) in [5.41, 5.74) is 0.976. The molecule has 1 aromatic rings. The molecule has 0 heterocycles. The first kappa shape index (κ1) is 11.1. The van der Waals surface area contributed by atoms with E-state index in [4.69, 9.17) is 5.11 Å². The van der Waals surface area contributed by atoms with Crippen LogP contribution in [-0.2, 0) is 14.6 Å². The Bertz CT molecular complexity index is 515. The summed E-state index contributed by atoms with van der Waals surface area (Å²) in [6, 6.07) is 6.49. The van der Waals surface area contributed by atoms with Crippen molar-refractivity contribution < 1.29 is 18.3 Å². The summed E-state index contributed by atoms with van der Waals surface area (Å²) < 4.78 is 23.9. The number of aliphatic carboxylic acids is 1. The lowest BCUT2D eigenvalue weighted by Crippen LogP contribution is -2.13. The molecule has 1 fully saturated rings. The summed E-state index contributed by atoms with van der Waals surface area (Å²) in [7, 11) is -3.46. The molecule has 0 bridgehead atoms. The third-order valence-electron chi connectivity index (χ3n) is 2.80. The van der Waals surface area contributed by atoms with Crippen molar-refractivity contribution in [1.29, 1.82) is 0 Å². The lowest BCUT2D eigenvalue weighted by atomic mass is 10.2. The van der Waals surface area contributed by atoms with E-state index in [0.717, 1.165) is 5.56 Å². The molecule has 1 aliphatic rings. The van der Waals surface area contributed by atoms with E-state index >= 15 is 0 Å². The maximum Gasteiger partial charge on any atom is 0.307 e. The minimum Gasteiger partial charge on any atom is -0.481 e. The lowest BCUT2D eigenvalue weighted by molar-refractivity contribution is -0.138. The molecule has 2 rings (SSSR count). The molecule has 0 saturated heterocycles. The highest BCUT2D eigenvalue weighted by molar-refractivity contribution is 7.92. The van der Waals surface area contributed by atoms with Crippen molar-refractivity contribution in [2.75, 3.05) is 0 Å². The molecule has 1 N–H and O–H groups in total. The van der Waals surface area contributed by atoms with Gasteiger partial charge in [0.1, 0.15) is 0 Å². The second-order valence-corrected chi connectivity index (χ2v) is 6.24. The Morgan fingerprint density at radius 2 is 1.88 bits per heavy atom. The van der Waals surface area contributed by atoms with E-state index in [1.165, 1.54) is 12.1 Å². The lowest BCUT2D eigenvalue weighted by Gasteiger charge is -2.03. The predicted molar refractivity (Wildman–Crippen MR) is 57.9 cm³/mol. The summed E-state index contributed by atoms with van der Waals surface area (Å²) in [4.78, 5) is 10.9. The van der Waals surface area contributed by atoms with E-state index in [0.29, 0.717) is 0 Å². The van der Waals surface area contributed by atoms with Crippen LogP contribution in [0.15, 0.2) is 29.2 Å². The molecule has 0 radical (unpaired) electrons. The van der Waals surface area contributed by atoms with E-state index in [9.17, 15) is 13.2 Å². The zero-order valence-corrected chi connectivity index (χ0v) is 9.57. The molecule has 4 nitrogen and oxygen atoms in total. The van der Waals surface area contributed by atoms with Crippen molar-refractivity contribution in [3.63, 3.8) is 0 Å². The molecule has 0 unspecified atom stereocenters. The zero-order valence-electron chi connectivity index (χ0n) is 8.75. The van der Waals surface area contributed by atoms with Crippen LogP contribution in [0.25, 0.3) is 0 Å². The fraction of sp³-hybridized carbons (Fsp3) is 0.364. The van der Waals surface area contributed by atoms with Crippen molar-refractivity contribution in [1.82, 2.24) is 0 Å². The Labute approximate surface area is 93.8 Å². The van der Waals surface area contributed by atoms with Gasteiger partial charge in [-0.1, -0.05) is 17.7 Å². The Balaban J connectivity index is 2.28. The van der Waals surface area contributed by atoms with Crippen LogP contribution in [-0.4, -0.2) is 24.7 Å². The highest BCUT2D eigenvalue weighted by atomic mass is 32.2.